The third-order valence-corrected chi connectivity index (χ3v) is 7.72. The van der Waals surface area contributed by atoms with Crippen LogP contribution < -0.4 is 14.4 Å². The monoisotopic (exact) mass is 577 g/mol. The molecule has 3 aromatic rings. The van der Waals surface area contributed by atoms with Gasteiger partial charge in [0.2, 0.25) is 21.8 Å². The van der Waals surface area contributed by atoms with Crippen LogP contribution in [-0.4, -0.2) is 58.1 Å². The molecule has 0 aromatic heterocycles. The molecule has 0 bridgehead atoms. The number of likely N-dealkylation sites (N-methyl/N-ethyl adjacent to an activating group) is 1. The zero-order valence-corrected chi connectivity index (χ0v) is 23.6. The van der Waals surface area contributed by atoms with Crippen LogP contribution in [0, 0.1) is 0 Å². The third-order valence-electron chi connectivity index (χ3n) is 5.92. The number of hydrogen-bond donors (Lipinski definition) is 1. The Balaban J connectivity index is 2.04. The summed E-state index contributed by atoms with van der Waals surface area (Å²) in [5, 5.41) is 3.23. The van der Waals surface area contributed by atoms with Crippen molar-refractivity contribution in [3.8, 4) is 5.75 Å². The molecule has 1 N–H and O–H groups in total. The van der Waals surface area contributed by atoms with Crippen LogP contribution in [0.1, 0.15) is 11.1 Å². The molecule has 8 nitrogen and oxygen atoms in total. The van der Waals surface area contributed by atoms with Crippen molar-refractivity contribution in [2.24, 2.45) is 0 Å². The fourth-order valence-electron chi connectivity index (χ4n) is 3.95. The summed E-state index contributed by atoms with van der Waals surface area (Å²) in [6.07, 6.45) is 1.21. The summed E-state index contributed by atoms with van der Waals surface area (Å²) in [7, 11) is -0.986. The molecule has 0 aliphatic carbocycles. The summed E-state index contributed by atoms with van der Waals surface area (Å²) in [5.74, 6) is -0.627. The van der Waals surface area contributed by atoms with Gasteiger partial charge >= 0.3 is 0 Å². The number of amides is 2. The maximum absolute atomic E-state index is 13.9. The lowest BCUT2D eigenvalue weighted by atomic mass is 10.0. The van der Waals surface area contributed by atoms with E-state index in [2.05, 4.69) is 5.32 Å². The standard InChI is InChI=1S/C27H29Cl2N3O5S/c1-30-27(34)24(15-19-9-5-4-6-10-19)31(17-20-11-7-8-12-22(20)28)26(33)18-32(38(3,35)36)21-13-14-25(37-2)23(29)16-21/h4-14,16,24H,15,17-18H2,1-3H3,(H,30,34)/t24-/m0/s1. The van der Waals surface area contributed by atoms with E-state index in [-0.39, 0.29) is 23.7 Å². The molecule has 11 heteroatoms. The van der Waals surface area contributed by atoms with Crippen LogP contribution in [0.3, 0.4) is 0 Å². The first-order valence-electron chi connectivity index (χ1n) is 11.6. The molecule has 3 aromatic carbocycles. The Bertz CT molecular complexity index is 1390. The number of hydrogen-bond acceptors (Lipinski definition) is 5. The molecule has 1 atom stereocenters. The Morgan fingerprint density at radius 2 is 1.63 bits per heavy atom. The molecule has 38 heavy (non-hydrogen) atoms. The van der Waals surface area contributed by atoms with Gasteiger partial charge in [0.05, 0.1) is 24.1 Å². The Hall–Kier alpha value is -3.27. The highest BCUT2D eigenvalue weighted by Gasteiger charge is 2.33. The zero-order chi connectivity index (χ0) is 27.9. The molecule has 2 amide bonds. The topological polar surface area (TPSA) is 96.0 Å². The maximum Gasteiger partial charge on any atom is 0.244 e. The van der Waals surface area contributed by atoms with E-state index in [9.17, 15) is 18.0 Å². The van der Waals surface area contributed by atoms with Crippen molar-refractivity contribution in [2.75, 3.05) is 31.3 Å². The van der Waals surface area contributed by atoms with Gasteiger partial charge in [-0.1, -0.05) is 71.7 Å². The van der Waals surface area contributed by atoms with Crippen molar-refractivity contribution in [2.45, 2.75) is 19.0 Å². The van der Waals surface area contributed by atoms with Crippen molar-refractivity contribution >= 4 is 50.7 Å². The first-order valence-corrected chi connectivity index (χ1v) is 14.2. The van der Waals surface area contributed by atoms with Crippen molar-refractivity contribution in [3.05, 3.63) is 94.0 Å². The van der Waals surface area contributed by atoms with Crippen molar-refractivity contribution in [1.29, 1.82) is 0 Å². The lowest BCUT2D eigenvalue weighted by Gasteiger charge is -2.33. The molecular weight excluding hydrogens is 549 g/mol. The molecule has 0 aliphatic heterocycles. The molecular formula is C27H29Cl2N3O5S. The number of nitrogens with zero attached hydrogens (tertiary/aromatic N) is 2. The van der Waals surface area contributed by atoms with E-state index in [1.54, 1.807) is 24.3 Å². The lowest BCUT2D eigenvalue weighted by molar-refractivity contribution is -0.139. The first-order chi connectivity index (χ1) is 18.0. The summed E-state index contributed by atoms with van der Waals surface area (Å²) in [4.78, 5) is 28.4. The van der Waals surface area contributed by atoms with Gasteiger partial charge in [0.1, 0.15) is 18.3 Å². The molecule has 0 unspecified atom stereocenters. The van der Waals surface area contributed by atoms with Gasteiger partial charge in [-0.15, -0.1) is 0 Å². The van der Waals surface area contributed by atoms with Gasteiger partial charge in [-0.3, -0.25) is 13.9 Å². The maximum atomic E-state index is 13.9. The Labute approximate surface area is 233 Å². The SMILES string of the molecule is CNC(=O)[C@H](Cc1ccccc1)N(Cc1ccccc1Cl)C(=O)CN(c1ccc(OC)c(Cl)c1)S(C)(=O)=O. The minimum Gasteiger partial charge on any atom is -0.495 e. The predicted octanol–water partition coefficient (Wildman–Crippen LogP) is 4.15. The number of anilines is 1. The Morgan fingerprint density at radius 3 is 2.21 bits per heavy atom. The second kappa shape index (κ2) is 13.0. The van der Waals surface area contributed by atoms with Crippen LogP contribution in [0.5, 0.6) is 5.75 Å². The number of nitrogens with one attached hydrogen (secondary N) is 1. The normalized spacial score (nSPS) is 11.9. The second-order valence-corrected chi connectivity index (χ2v) is 11.2. The largest absolute Gasteiger partial charge is 0.495 e. The lowest BCUT2D eigenvalue weighted by Crippen LogP contribution is -2.52. The fourth-order valence-corrected chi connectivity index (χ4v) is 5.24. The van der Waals surface area contributed by atoms with Crippen LogP contribution in [0.25, 0.3) is 0 Å². The number of ether oxygens (including phenoxy) is 1. The molecule has 0 spiro atoms. The molecule has 0 heterocycles. The number of halogens is 2. The van der Waals surface area contributed by atoms with Gasteiger partial charge in [0.15, 0.2) is 0 Å². The summed E-state index contributed by atoms with van der Waals surface area (Å²) < 4.78 is 31.7. The number of methoxy groups -OCH3 is 1. The average Bonchev–Trinajstić information content (AvgIpc) is 2.89. The Kier molecular flexibility index (Phi) is 10.0. The first kappa shape index (κ1) is 29.3. The van der Waals surface area contributed by atoms with E-state index >= 15 is 0 Å². The van der Waals surface area contributed by atoms with E-state index in [0.29, 0.717) is 16.3 Å². The van der Waals surface area contributed by atoms with Crippen LogP contribution >= 0.6 is 23.2 Å². The number of benzene rings is 3. The quantitative estimate of drug-likeness (QED) is 0.369. The van der Waals surface area contributed by atoms with Gasteiger partial charge in [-0.2, -0.15) is 0 Å². The van der Waals surface area contributed by atoms with Gasteiger partial charge < -0.3 is 15.0 Å². The molecule has 0 saturated carbocycles. The van der Waals surface area contributed by atoms with Crippen molar-refractivity contribution in [3.63, 3.8) is 0 Å². The van der Waals surface area contributed by atoms with Crippen LogP contribution in [-0.2, 0) is 32.6 Å². The van der Waals surface area contributed by atoms with E-state index in [1.165, 1.54) is 37.3 Å². The molecule has 0 radical (unpaired) electrons. The average molecular weight is 579 g/mol. The predicted molar refractivity (Wildman–Crippen MR) is 150 cm³/mol. The van der Waals surface area contributed by atoms with E-state index in [1.807, 2.05) is 30.3 Å². The summed E-state index contributed by atoms with van der Waals surface area (Å²) in [6, 6.07) is 19.7. The van der Waals surface area contributed by atoms with Crippen LogP contribution in [0.2, 0.25) is 10.0 Å². The number of rotatable bonds is 11. The fraction of sp³-hybridized carbons (Fsp3) is 0.259. The van der Waals surface area contributed by atoms with Crippen LogP contribution in [0.4, 0.5) is 5.69 Å². The molecule has 202 valence electrons. The Morgan fingerprint density at radius 1 is 0.974 bits per heavy atom. The minimum absolute atomic E-state index is 0.00953. The molecule has 0 aliphatic rings. The highest BCUT2D eigenvalue weighted by atomic mass is 35.5. The van der Waals surface area contributed by atoms with E-state index < -0.39 is 34.4 Å². The summed E-state index contributed by atoms with van der Waals surface area (Å²) >= 11 is 12.6. The number of sulfonamides is 1. The molecule has 0 saturated heterocycles. The summed E-state index contributed by atoms with van der Waals surface area (Å²) in [6.45, 7) is -0.571. The highest BCUT2D eigenvalue weighted by molar-refractivity contribution is 7.92. The van der Waals surface area contributed by atoms with Gasteiger partial charge in [-0.25, -0.2) is 8.42 Å². The molecule has 0 fully saturated rings. The summed E-state index contributed by atoms with van der Waals surface area (Å²) in [5.41, 5.74) is 1.63. The van der Waals surface area contributed by atoms with Gasteiger partial charge in [-0.05, 0) is 35.4 Å². The van der Waals surface area contributed by atoms with Crippen LogP contribution in [0.15, 0.2) is 72.8 Å². The highest BCUT2D eigenvalue weighted by Crippen LogP contribution is 2.30. The van der Waals surface area contributed by atoms with Crippen molar-refractivity contribution in [1.82, 2.24) is 10.2 Å². The zero-order valence-electron chi connectivity index (χ0n) is 21.2. The third kappa shape index (κ3) is 7.40. The smallest absolute Gasteiger partial charge is 0.244 e. The number of carbonyl (C=O) groups is 2. The minimum atomic E-state index is -3.91. The number of carbonyl (C=O) groups excluding carboxylic acids is 2. The van der Waals surface area contributed by atoms with Crippen molar-refractivity contribution < 1.29 is 22.7 Å². The van der Waals surface area contributed by atoms with E-state index in [0.717, 1.165) is 16.1 Å². The molecule has 3 rings (SSSR count). The van der Waals surface area contributed by atoms with Gasteiger partial charge in [0.25, 0.3) is 0 Å². The van der Waals surface area contributed by atoms with Gasteiger partial charge in [0, 0.05) is 25.0 Å². The van der Waals surface area contributed by atoms with E-state index in [4.69, 9.17) is 27.9 Å². The second-order valence-electron chi connectivity index (χ2n) is 8.52.